The van der Waals surface area contributed by atoms with Gasteiger partial charge in [-0.15, -0.1) is 0 Å². The molecule has 0 unspecified atom stereocenters. The lowest BCUT2D eigenvalue weighted by Gasteiger charge is -2.08. The third-order valence-corrected chi connectivity index (χ3v) is 3.88. The van der Waals surface area contributed by atoms with E-state index in [1.54, 1.807) is 18.2 Å². The summed E-state index contributed by atoms with van der Waals surface area (Å²) in [6.07, 6.45) is 2.87. The van der Waals surface area contributed by atoms with E-state index in [0.29, 0.717) is 15.1 Å². The van der Waals surface area contributed by atoms with Gasteiger partial charge in [-0.05, 0) is 18.2 Å². The van der Waals surface area contributed by atoms with Gasteiger partial charge in [0.2, 0.25) is 4.96 Å². The fraction of sp³-hybridized carbons (Fsp3) is 0.133. The van der Waals surface area contributed by atoms with Gasteiger partial charge in [0, 0.05) is 25.5 Å². The molecular weight excluding hydrogens is 334 g/mol. The van der Waals surface area contributed by atoms with E-state index >= 15 is 0 Å². The monoisotopic (exact) mass is 345 g/mol. The molecule has 9 heteroatoms. The van der Waals surface area contributed by atoms with E-state index in [1.165, 1.54) is 30.8 Å². The molecule has 0 aliphatic rings. The van der Waals surface area contributed by atoms with Crippen molar-refractivity contribution in [2.75, 3.05) is 0 Å². The Hall–Kier alpha value is -3.07. The van der Waals surface area contributed by atoms with Crippen LogP contribution in [0.5, 0.6) is 11.5 Å². The molecular formula is C15H11N3O5S. The summed E-state index contributed by atoms with van der Waals surface area (Å²) in [5.41, 5.74) is 0.174. The molecule has 0 saturated carbocycles. The van der Waals surface area contributed by atoms with Crippen LogP contribution in [0.15, 0.2) is 29.3 Å². The molecule has 0 amide bonds. The molecule has 0 radical (unpaired) electrons. The van der Waals surface area contributed by atoms with Crippen LogP contribution in [-0.2, 0) is 9.59 Å². The lowest BCUT2D eigenvalue weighted by molar-refractivity contribution is -0.132. The van der Waals surface area contributed by atoms with E-state index in [1.807, 2.05) is 0 Å². The Kier molecular flexibility index (Phi) is 4.09. The maximum absolute atomic E-state index is 12.2. The smallest absolute Gasteiger partial charge is 0.308 e. The van der Waals surface area contributed by atoms with Crippen LogP contribution in [0.2, 0.25) is 0 Å². The molecule has 3 aromatic rings. The highest BCUT2D eigenvalue weighted by molar-refractivity contribution is 7.15. The average molecular weight is 345 g/mol. The summed E-state index contributed by atoms with van der Waals surface area (Å²) in [5.74, 6) is -0.608. The van der Waals surface area contributed by atoms with Crippen molar-refractivity contribution in [2.24, 2.45) is 0 Å². The average Bonchev–Trinajstić information content (AvgIpc) is 3.05. The maximum Gasteiger partial charge on any atom is 0.308 e. The van der Waals surface area contributed by atoms with E-state index in [9.17, 15) is 14.4 Å². The van der Waals surface area contributed by atoms with Crippen LogP contribution < -0.4 is 19.6 Å². The van der Waals surface area contributed by atoms with Gasteiger partial charge in [0.25, 0.3) is 5.56 Å². The molecule has 1 aromatic carbocycles. The Labute approximate surface area is 139 Å². The summed E-state index contributed by atoms with van der Waals surface area (Å²) >= 11 is 1.16. The molecule has 0 saturated heterocycles. The zero-order chi connectivity index (χ0) is 17.3. The van der Waals surface area contributed by atoms with Crippen LogP contribution in [0, 0.1) is 0 Å². The highest BCUT2D eigenvalue weighted by Gasteiger charge is 2.10. The summed E-state index contributed by atoms with van der Waals surface area (Å²) in [5, 5.41) is 3.84. The number of hydrogen-bond acceptors (Lipinski definition) is 8. The van der Waals surface area contributed by atoms with Crippen LogP contribution in [0.3, 0.4) is 0 Å². The fourth-order valence-corrected chi connectivity index (χ4v) is 2.90. The zero-order valence-electron chi connectivity index (χ0n) is 12.7. The predicted molar refractivity (Wildman–Crippen MR) is 85.0 cm³/mol. The van der Waals surface area contributed by atoms with Crippen molar-refractivity contribution < 1.29 is 19.1 Å². The second-order valence-corrected chi connectivity index (χ2v) is 5.77. The van der Waals surface area contributed by atoms with Gasteiger partial charge in [0.15, 0.2) is 0 Å². The first-order chi connectivity index (χ1) is 11.4. The molecule has 122 valence electrons. The second kappa shape index (κ2) is 6.20. The van der Waals surface area contributed by atoms with Crippen LogP contribution in [0.1, 0.15) is 19.4 Å². The molecule has 0 atom stereocenters. The van der Waals surface area contributed by atoms with Gasteiger partial charge in [0.05, 0.1) is 4.53 Å². The third-order valence-electron chi connectivity index (χ3n) is 2.91. The molecule has 0 spiro atoms. The number of rotatable bonds is 3. The number of benzene rings is 1. The molecule has 24 heavy (non-hydrogen) atoms. The summed E-state index contributed by atoms with van der Waals surface area (Å²) in [6, 6.07) is 4.55. The molecule has 3 rings (SSSR count). The van der Waals surface area contributed by atoms with Crippen LogP contribution in [0.25, 0.3) is 11.0 Å². The first-order valence-corrected chi connectivity index (χ1v) is 7.61. The van der Waals surface area contributed by atoms with E-state index in [-0.39, 0.29) is 17.1 Å². The summed E-state index contributed by atoms with van der Waals surface area (Å²) in [7, 11) is 0. The minimum Gasteiger partial charge on any atom is -0.427 e. The summed E-state index contributed by atoms with van der Waals surface area (Å²) in [6.45, 7) is 2.52. The van der Waals surface area contributed by atoms with Crippen molar-refractivity contribution in [1.82, 2.24) is 14.6 Å². The van der Waals surface area contributed by atoms with Crippen LogP contribution in [-0.4, -0.2) is 26.5 Å². The molecule has 8 nitrogen and oxygen atoms in total. The largest absolute Gasteiger partial charge is 0.427 e. The SMILES string of the molecule is CC(=O)Oc1ccc(/C=c2\sc3ncnn3c2=O)c(OC(C)=O)c1. The van der Waals surface area contributed by atoms with Gasteiger partial charge in [-0.1, -0.05) is 11.3 Å². The van der Waals surface area contributed by atoms with E-state index in [2.05, 4.69) is 10.1 Å². The number of thiazole rings is 1. The number of esters is 2. The molecule has 2 aromatic heterocycles. The van der Waals surface area contributed by atoms with Gasteiger partial charge < -0.3 is 9.47 Å². The second-order valence-electron chi connectivity index (χ2n) is 4.76. The molecule has 0 N–H and O–H groups in total. The fourth-order valence-electron chi connectivity index (χ4n) is 2.03. The normalized spacial score (nSPS) is 11.7. The van der Waals surface area contributed by atoms with Gasteiger partial charge in [0.1, 0.15) is 17.8 Å². The van der Waals surface area contributed by atoms with Crippen molar-refractivity contribution >= 4 is 34.3 Å². The number of nitrogens with zero attached hydrogens (tertiary/aromatic N) is 3. The van der Waals surface area contributed by atoms with Crippen molar-refractivity contribution in [3.8, 4) is 11.5 Å². The predicted octanol–water partition coefficient (Wildman–Crippen LogP) is 0.549. The van der Waals surface area contributed by atoms with Crippen LogP contribution in [0.4, 0.5) is 0 Å². The lowest BCUT2D eigenvalue weighted by atomic mass is 10.2. The minimum absolute atomic E-state index is 0.180. The summed E-state index contributed by atoms with van der Waals surface area (Å²) in [4.78, 5) is 39.0. The standard InChI is InChI=1S/C15H11N3O5S/c1-8(19)22-11-4-3-10(12(6-11)23-9(2)20)5-13-14(21)18-15(24-13)16-7-17-18/h3-7H,1-2H3/b13-5-. The van der Waals surface area contributed by atoms with Crippen molar-refractivity contribution in [2.45, 2.75) is 13.8 Å². The first kappa shape index (κ1) is 15.8. The van der Waals surface area contributed by atoms with Crippen molar-refractivity contribution in [3.05, 3.63) is 45.0 Å². The topological polar surface area (TPSA) is 99.9 Å². The molecule has 2 heterocycles. The highest BCUT2D eigenvalue weighted by atomic mass is 32.1. The number of ether oxygens (including phenoxy) is 2. The Morgan fingerprint density at radius 2 is 1.96 bits per heavy atom. The van der Waals surface area contributed by atoms with Gasteiger partial charge in [-0.3, -0.25) is 14.4 Å². The van der Waals surface area contributed by atoms with Crippen LogP contribution >= 0.6 is 11.3 Å². The van der Waals surface area contributed by atoms with Gasteiger partial charge >= 0.3 is 11.9 Å². The lowest BCUT2D eigenvalue weighted by Crippen LogP contribution is -2.23. The van der Waals surface area contributed by atoms with Crippen molar-refractivity contribution in [1.29, 1.82) is 0 Å². The molecule has 0 aliphatic heterocycles. The third kappa shape index (κ3) is 3.15. The molecule has 0 bridgehead atoms. The Morgan fingerprint density at radius 3 is 2.62 bits per heavy atom. The first-order valence-electron chi connectivity index (χ1n) is 6.79. The summed E-state index contributed by atoms with van der Waals surface area (Å²) < 4.78 is 11.7. The number of hydrogen-bond donors (Lipinski definition) is 0. The zero-order valence-corrected chi connectivity index (χ0v) is 13.5. The number of carbonyl (C=O) groups is 2. The van der Waals surface area contributed by atoms with Gasteiger partial charge in [-0.25, -0.2) is 4.98 Å². The highest BCUT2D eigenvalue weighted by Crippen LogP contribution is 2.26. The van der Waals surface area contributed by atoms with E-state index < -0.39 is 11.9 Å². The Bertz CT molecular complexity index is 1050. The number of carbonyl (C=O) groups excluding carboxylic acids is 2. The molecule has 0 aliphatic carbocycles. The van der Waals surface area contributed by atoms with Crippen molar-refractivity contribution in [3.63, 3.8) is 0 Å². The van der Waals surface area contributed by atoms with E-state index in [0.717, 1.165) is 11.3 Å². The minimum atomic E-state index is -0.533. The number of fused-ring (bicyclic) bond motifs is 1. The Morgan fingerprint density at radius 1 is 1.21 bits per heavy atom. The van der Waals surface area contributed by atoms with Gasteiger partial charge in [-0.2, -0.15) is 9.61 Å². The number of aromatic nitrogens is 3. The maximum atomic E-state index is 12.2. The van der Waals surface area contributed by atoms with E-state index in [4.69, 9.17) is 9.47 Å². The molecule has 0 fully saturated rings. The quantitative estimate of drug-likeness (QED) is 0.505. The Balaban J connectivity index is 2.11.